The fourth-order valence-corrected chi connectivity index (χ4v) is 6.95. The lowest BCUT2D eigenvalue weighted by Gasteiger charge is -2.23. The molecule has 13 heteroatoms. The van der Waals surface area contributed by atoms with Gasteiger partial charge in [0, 0.05) is 33.8 Å². The maximum absolute atomic E-state index is 13.6. The van der Waals surface area contributed by atoms with Crippen molar-refractivity contribution in [1.82, 2.24) is 15.2 Å². The van der Waals surface area contributed by atoms with Gasteiger partial charge in [-0.1, -0.05) is 72.3 Å². The van der Waals surface area contributed by atoms with Gasteiger partial charge in [-0.25, -0.2) is 0 Å². The van der Waals surface area contributed by atoms with Gasteiger partial charge in [0.25, 0.3) is 5.78 Å². The van der Waals surface area contributed by atoms with Crippen LogP contribution in [0.25, 0.3) is 5.76 Å². The third-order valence-corrected chi connectivity index (χ3v) is 9.51. The number of nitrogens with zero attached hydrogens (tertiary/aromatic N) is 4. The summed E-state index contributed by atoms with van der Waals surface area (Å²) in [6.45, 7) is 4.72. The minimum Gasteiger partial charge on any atom is -0.507 e. The summed E-state index contributed by atoms with van der Waals surface area (Å²) < 4.78 is 12.1. The number of ether oxygens (including phenoxy) is 2. The smallest absolute Gasteiger partial charge is 0.301 e. The van der Waals surface area contributed by atoms with Crippen LogP contribution in [-0.4, -0.2) is 45.7 Å². The number of amides is 1. The molecule has 1 aliphatic heterocycles. The fourth-order valence-electron chi connectivity index (χ4n) is 4.53. The average Bonchev–Trinajstić information content (AvgIpc) is 3.58. The molecule has 0 bridgehead atoms. The van der Waals surface area contributed by atoms with Crippen molar-refractivity contribution in [2.75, 3.05) is 18.6 Å². The highest BCUT2D eigenvalue weighted by molar-refractivity contribution is 8.00. The molecule has 1 atom stereocenters. The second-order valence-electron chi connectivity index (χ2n) is 10.2. The van der Waals surface area contributed by atoms with E-state index in [0.29, 0.717) is 55.3 Å². The number of benzene rings is 2. The van der Waals surface area contributed by atoms with Crippen LogP contribution in [0.1, 0.15) is 43.0 Å². The first-order valence-corrected chi connectivity index (χ1v) is 16.2. The number of aliphatic hydroxyl groups is 1. The number of carbonyl (C=O) groups is 2. The second kappa shape index (κ2) is 14.0. The van der Waals surface area contributed by atoms with Crippen molar-refractivity contribution in [2.24, 2.45) is 5.92 Å². The number of thioether (sulfide) groups is 1. The third kappa shape index (κ3) is 6.86. The van der Waals surface area contributed by atoms with Crippen LogP contribution in [0.5, 0.6) is 11.5 Å². The van der Waals surface area contributed by atoms with Gasteiger partial charge < -0.3 is 14.6 Å². The highest BCUT2D eigenvalue weighted by Crippen LogP contribution is 2.45. The second-order valence-corrected chi connectivity index (χ2v) is 13.2. The number of Topliss-reactive ketones (excluding diaryl/α,β-unsaturated/α-hetero) is 1. The van der Waals surface area contributed by atoms with Crippen molar-refractivity contribution >= 4 is 68.9 Å². The Morgan fingerprint density at radius 2 is 1.84 bits per heavy atom. The van der Waals surface area contributed by atoms with Gasteiger partial charge in [0.15, 0.2) is 15.8 Å². The average molecular weight is 672 g/mol. The standard InChI is InChI=1S/C31H28Cl2N4O5S2/c1-17(2)10-13-42-23-7-5-19(14-24(23)41-3)26-25(27(38)18-8-11-34-12-9-18)28(39)29(40)37(26)30-35-36-31(44-30)43-16-20-4-6-21(32)15-22(20)33/h4-9,11-12,14-15,17,26,38H,10,13,16H2,1-3H3/b27-25+. The van der Waals surface area contributed by atoms with Crippen LogP contribution in [0.3, 0.4) is 0 Å². The highest BCUT2D eigenvalue weighted by Gasteiger charge is 2.48. The van der Waals surface area contributed by atoms with Crippen molar-refractivity contribution in [2.45, 2.75) is 36.4 Å². The molecular weight excluding hydrogens is 643 g/mol. The number of halogens is 2. The van der Waals surface area contributed by atoms with Crippen LogP contribution in [0.2, 0.25) is 10.0 Å². The molecule has 0 aliphatic carbocycles. The number of pyridine rings is 1. The number of aromatic nitrogens is 3. The molecule has 0 radical (unpaired) electrons. The summed E-state index contributed by atoms with van der Waals surface area (Å²) in [6.07, 6.45) is 3.85. The molecule has 1 saturated heterocycles. The Morgan fingerprint density at radius 3 is 2.55 bits per heavy atom. The molecule has 228 valence electrons. The van der Waals surface area contributed by atoms with E-state index in [2.05, 4.69) is 29.0 Å². The number of hydrogen-bond acceptors (Lipinski definition) is 10. The molecule has 3 heterocycles. The van der Waals surface area contributed by atoms with Crippen LogP contribution in [-0.2, 0) is 15.3 Å². The zero-order valence-corrected chi connectivity index (χ0v) is 27.1. The molecule has 1 N–H and O–H groups in total. The van der Waals surface area contributed by atoms with Crippen molar-refractivity contribution in [3.8, 4) is 11.5 Å². The van der Waals surface area contributed by atoms with E-state index in [0.717, 1.165) is 23.3 Å². The van der Waals surface area contributed by atoms with Gasteiger partial charge in [-0.15, -0.1) is 10.2 Å². The van der Waals surface area contributed by atoms with Crippen molar-refractivity contribution < 1.29 is 24.2 Å². The van der Waals surface area contributed by atoms with Gasteiger partial charge in [-0.3, -0.25) is 19.5 Å². The summed E-state index contributed by atoms with van der Waals surface area (Å²) in [7, 11) is 1.52. The van der Waals surface area contributed by atoms with E-state index >= 15 is 0 Å². The predicted octanol–water partition coefficient (Wildman–Crippen LogP) is 7.59. The number of aliphatic hydroxyl groups excluding tert-OH is 1. The summed E-state index contributed by atoms with van der Waals surface area (Å²) in [6, 6.07) is 12.6. The van der Waals surface area contributed by atoms with Crippen molar-refractivity contribution in [3.05, 3.63) is 93.2 Å². The third-order valence-electron chi connectivity index (χ3n) is 6.82. The van der Waals surface area contributed by atoms with Crippen LogP contribution in [0.15, 0.2) is 70.8 Å². The number of carbonyl (C=O) groups excluding carboxylic acids is 2. The largest absolute Gasteiger partial charge is 0.507 e. The summed E-state index contributed by atoms with van der Waals surface area (Å²) in [5, 5.41) is 21.1. The van der Waals surface area contributed by atoms with E-state index in [1.54, 1.807) is 42.5 Å². The number of rotatable bonds is 11. The first kappa shape index (κ1) is 31.8. The molecule has 0 saturated carbocycles. The Kier molecular flexibility index (Phi) is 10.1. The van der Waals surface area contributed by atoms with Gasteiger partial charge >= 0.3 is 5.91 Å². The van der Waals surface area contributed by atoms with E-state index in [1.807, 2.05) is 6.07 Å². The molecule has 5 rings (SSSR count). The molecule has 44 heavy (non-hydrogen) atoms. The van der Waals surface area contributed by atoms with Gasteiger partial charge in [0.05, 0.1) is 25.3 Å². The van der Waals surface area contributed by atoms with Gasteiger partial charge in [0.1, 0.15) is 5.76 Å². The lowest BCUT2D eigenvalue weighted by molar-refractivity contribution is -0.132. The molecule has 0 spiro atoms. The minimum absolute atomic E-state index is 0.0888. The van der Waals surface area contributed by atoms with Crippen LogP contribution in [0.4, 0.5) is 5.13 Å². The lowest BCUT2D eigenvalue weighted by atomic mass is 9.95. The Morgan fingerprint density at radius 1 is 1.07 bits per heavy atom. The zero-order chi connectivity index (χ0) is 31.4. The maximum atomic E-state index is 13.6. The van der Waals surface area contributed by atoms with Crippen LogP contribution in [0, 0.1) is 5.92 Å². The molecule has 2 aromatic heterocycles. The van der Waals surface area contributed by atoms with E-state index in [9.17, 15) is 14.7 Å². The Labute approximate surface area is 272 Å². The minimum atomic E-state index is -1.02. The molecule has 1 amide bonds. The van der Waals surface area contributed by atoms with Crippen molar-refractivity contribution in [3.63, 3.8) is 0 Å². The molecule has 2 aromatic carbocycles. The SMILES string of the molecule is COc1cc(C2/C(=C(\O)c3ccncc3)C(=O)C(=O)N2c2nnc(SCc3ccc(Cl)cc3Cl)s2)ccc1OCCC(C)C. The number of methoxy groups -OCH3 is 1. The molecular formula is C31H28Cl2N4O5S2. The quantitative estimate of drug-likeness (QED) is 0.0566. The summed E-state index contributed by atoms with van der Waals surface area (Å²) in [5.41, 5.74) is 1.63. The van der Waals surface area contributed by atoms with Crippen molar-refractivity contribution in [1.29, 1.82) is 0 Å². The molecule has 9 nitrogen and oxygen atoms in total. The monoisotopic (exact) mass is 670 g/mol. The summed E-state index contributed by atoms with van der Waals surface area (Å²) >= 11 is 14.9. The van der Waals surface area contributed by atoms with Gasteiger partial charge in [-0.2, -0.15) is 0 Å². The van der Waals surface area contributed by atoms with E-state index in [-0.39, 0.29) is 16.5 Å². The lowest BCUT2D eigenvalue weighted by Crippen LogP contribution is -2.29. The first-order chi connectivity index (χ1) is 21.2. The Hall–Kier alpha value is -3.64. The molecule has 1 fully saturated rings. The van der Waals surface area contributed by atoms with Crippen LogP contribution < -0.4 is 14.4 Å². The Bertz CT molecular complexity index is 1710. The van der Waals surface area contributed by atoms with E-state index in [4.69, 9.17) is 32.7 Å². The highest BCUT2D eigenvalue weighted by atomic mass is 35.5. The van der Waals surface area contributed by atoms with Crippen LogP contribution >= 0.6 is 46.3 Å². The molecule has 4 aromatic rings. The molecule has 1 aliphatic rings. The number of ketones is 1. The van der Waals surface area contributed by atoms with Gasteiger partial charge in [0.2, 0.25) is 5.13 Å². The topological polar surface area (TPSA) is 115 Å². The zero-order valence-electron chi connectivity index (χ0n) is 24.0. The number of hydrogen-bond donors (Lipinski definition) is 1. The Balaban J connectivity index is 1.53. The summed E-state index contributed by atoms with van der Waals surface area (Å²) in [4.78, 5) is 32.4. The van der Waals surface area contributed by atoms with Gasteiger partial charge in [-0.05, 0) is 59.9 Å². The van der Waals surface area contributed by atoms with E-state index < -0.39 is 17.7 Å². The maximum Gasteiger partial charge on any atom is 0.301 e. The predicted molar refractivity (Wildman–Crippen MR) is 173 cm³/mol. The molecule has 1 unspecified atom stereocenters. The fraction of sp³-hybridized carbons (Fsp3) is 0.258. The first-order valence-electron chi connectivity index (χ1n) is 13.6. The normalized spacial score (nSPS) is 16.1. The van der Waals surface area contributed by atoms with E-state index in [1.165, 1.54) is 36.2 Å². The summed E-state index contributed by atoms with van der Waals surface area (Å²) in [5.74, 6) is -0.109. The number of anilines is 1.